The molecule has 5 nitrogen and oxygen atoms in total. The van der Waals surface area contributed by atoms with Gasteiger partial charge in [-0.15, -0.1) is 0 Å². The summed E-state index contributed by atoms with van der Waals surface area (Å²) in [5.74, 6) is 3.23. The van der Waals surface area contributed by atoms with E-state index in [0.29, 0.717) is 6.01 Å². The zero-order chi connectivity index (χ0) is 46.2. The largest absolute Gasteiger partial charge is 0.407 e. The van der Waals surface area contributed by atoms with Crippen LogP contribution in [0.25, 0.3) is 0 Å². The van der Waals surface area contributed by atoms with Gasteiger partial charge in [-0.1, -0.05) is 135 Å². The lowest BCUT2D eigenvalue weighted by molar-refractivity contribution is -0.00514. The highest BCUT2D eigenvalue weighted by Crippen LogP contribution is 2.62. The Morgan fingerprint density at radius 2 is 1.00 bits per heavy atom. The minimum absolute atomic E-state index is 0.0110. The number of nitrogens with zero attached hydrogens (tertiary/aromatic N) is 4. The zero-order valence-electron chi connectivity index (χ0n) is 41.0. The molecule has 4 aliphatic carbocycles. The lowest BCUT2D eigenvalue weighted by Crippen LogP contribution is -2.62. The molecule has 4 fully saturated rings. The monoisotopic (exact) mass is 881 g/mol. The molecular formula is C61H65BN4O. The average Bonchev–Trinajstić information content (AvgIpc) is 3.72. The van der Waals surface area contributed by atoms with Crippen molar-refractivity contribution in [2.24, 2.45) is 17.8 Å². The SMILES string of the molecule is CC(C)(C)c1ccc(N2c3ccc(C(C)(C)C)cc3B3c4nc(N(c5ccccc5)c5ccccc5)oc4N(c4ccc(C(C)(C)C)cc4)c4cc(C56CC7CC(CC(C7)C5)C6)cc2c43)cc1. The van der Waals surface area contributed by atoms with E-state index in [1.165, 1.54) is 94.5 Å². The van der Waals surface area contributed by atoms with Crippen molar-refractivity contribution in [2.45, 2.75) is 122 Å². The highest BCUT2D eigenvalue weighted by Gasteiger charge is 2.54. The second kappa shape index (κ2) is 15.0. The van der Waals surface area contributed by atoms with Gasteiger partial charge in [-0.05, 0) is 178 Å². The summed E-state index contributed by atoms with van der Waals surface area (Å²) >= 11 is 0. The maximum absolute atomic E-state index is 7.48. The fourth-order valence-corrected chi connectivity index (χ4v) is 13.2. The van der Waals surface area contributed by atoms with Gasteiger partial charge in [-0.25, -0.2) is 4.98 Å². The van der Waals surface area contributed by atoms with Crippen molar-refractivity contribution >= 4 is 74.9 Å². The fourth-order valence-electron chi connectivity index (χ4n) is 13.2. The van der Waals surface area contributed by atoms with Crippen molar-refractivity contribution in [3.63, 3.8) is 0 Å². The molecule has 6 aromatic carbocycles. The Hall–Kier alpha value is -6.01. The van der Waals surface area contributed by atoms with Gasteiger partial charge in [0.15, 0.2) is 0 Å². The van der Waals surface area contributed by atoms with E-state index in [1.54, 1.807) is 0 Å². The van der Waals surface area contributed by atoms with Crippen molar-refractivity contribution in [2.75, 3.05) is 14.7 Å². The number of benzene rings is 6. The van der Waals surface area contributed by atoms with Gasteiger partial charge in [-0.3, -0.25) is 9.80 Å². The van der Waals surface area contributed by atoms with Gasteiger partial charge < -0.3 is 9.32 Å². The molecule has 6 heteroatoms. The number of anilines is 9. The van der Waals surface area contributed by atoms with Crippen LogP contribution in [0.1, 0.15) is 123 Å². The number of hydrogen-bond acceptors (Lipinski definition) is 5. The number of aromatic nitrogens is 1. The van der Waals surface area contributed by atoms with Crippen molar-refractivity contribution in [3.8, 4) is 0 Å². The van der Waals surface area contributed by atoms with Gasteiger partial charge >= 0.3 is 6.01 Å². The first kappa shape index (κ1) is 42.4. The third-order valence-corrected chi connectivity index (χ3v) is 16.3. The summed E-state index contributed by atoms with van der Waals surface area (Å²) in [5.41, 5.74) is 17.1. The number of para-hydroxylation sites is 2. The van der Waals surface area contributed by atoms with Gasteiger partial charge in [0.05, 0.1) is 17.0 Å². The van der Waals surface area contributed by atoms with Crippen LogP contribution in [-0.2, 0) is 21.7 Å². The van der Waals surface area contributed by atoms with Gasteiger partial charge in [0, 0.05) is 28.4 Å². The lowest BCUT2D eigenvalue weighted by Gasteiger charge is -2.57. The molecule has 0 radical (unpaired) electrons. The summed E-state index contributed by atoms with van der Waals surface area (Å²) in [6, 6.07) is 53.0. The van der Waals surface area contributed by atoms with Gasteiger partial charge in [0.2, 0.25) is 5.88 Å². The average molecular weight is 881 g/mol. The van der Waals surface area contributed by atoms with Crippen molar-refractivity contribution in [3.05, 3.63) is 162 Å². The van der Waals surface area contributed by atoms with Crippen LogP contribution in [0, 0.1) is 17.8 Å². The summed E-state index contributed by atoms with van der Waals surface area (Å²) in [5, 5.41) is 0. The molecule has 338 valence electrons. The Labute approximate surface area is 399 Å². The van der Waals surface area contributed by atoms with E-state index in [-0.39, 0.29) is 28.4 Å². The molecule has 0 unspecified atom stereocenters. The van der Waals surface area contributed by atoms with E-state index in [1.807, 2.05) is 0 Å². The lowest BCUT2D eigenvalue weighted by atomic mass is 9.35. The molecule has 4 bridgehead atoms. The van der Waals surface area contributed by atoms with Crippen LogP contribution in [0.3, 0.4) is 0 Å². The standard InChI is InChI=1S/C61H65BN4O/c1-58(2,3)42-20-25-48(26-21-42)65-51-29-24-44(60(7,8)9)33-50(51)62-54-52(65)34-45(61-36-39-30-40(37-61)32-41(31-39)38-61)35-53(54)66(49-27-22-43(23-28-49)59(4,5)6)56-55(62)63-57(67-56)64(46-16-12-10-13-17-46)47-18-14-11-15-19-47/h10-29,33-35,39-41H,30-32,36-38H2,1-9H3. The molecule has 1 aromatic heterocycles. The summed E-state index contributed by atoms with van der Waals surface area (Å²) in [7, 11) is 0. The van der Waals surface area contributed by atoms with Crippen LogP contribution < -0.4 is 31.2 Å². The smallest absolute Gasteiger partial charge is 0.307 e. The van der Waals surface area contributed by atoms with Crippen LogP contribution in [0.2, 0.25) is 0 Å². The second-order valence-electron chi connectivity index (χ2n) is 24.0. The van der Waals surface area contributed by atoms with E-state index in [9.17, 15) is 0 Å². The number of hydrogen-bond donors (Lipinski definition) is 0. The van der Waals surface area contributed by atoms with E-state index in [4.69, 9.17) is 9.40 Å². The Morgan fingerprint density at radius 1 is 0.537 bits per heavy atom. The Kier molecular flexibility index (Phi) is 9.48. The highest BCUT2D eigenvalue weighted by atomic mass is 16.4. The molecule has 2 aliphatic heterocycles. The van der Waals surface area contributed by atoms with Gasteiger partial charge in [-0.2, -0.15) is 0 Å². The van der Waals surface area contributed by atoms with E-state index in [2.05, 4.69) is 217 Å². The summed E-state index contributed by atoms with van der Waals surface area (Å²) in [6.07, 6.45) is 8.08. The van der Waals surface area contributed by atoms with Crippen LogP contribution in [0.5, 0.6) is 0 Å². The molecule has 6 aliphatic rings. The molecule has 0 spiro atoms. The third-order valence-electron chi connectivity index (χ3n) is 16.3. The van der Waals surface area contributed by atoms with Crippen LogP contribution >= 0.6 is 0 Å². The molecule has 13 rings (SSSR count). The molecule has 3 heterocycles. The molecular weight excluding hydrogens is 816 g/mol. The molecule has 0 N–H and O–H groups in total. The number of fused-ring (bicyclic) bond motifs is 4. The van der Waals surface area contributed by atoms with Crippen molar-refractivity contribution in [1.82, 2.24) is 4.98 Å². The zero-order valence-corrected chi connectivity index (χ0v) is 41.0. The Balaban J connectivity index is 1.17. The predicted octanol–water partition coefficient (Wildman–Crippen LogP) is 14.6. The van der Waals surface area contributed by atoms with Gasteiger partial charge in [0.1, 0.15) is 0 Å². The van der Waals surface area contributed by atoms with E-state index in [0.717, 1.165) is 46.3 Å². The summed E-state index contributed by atoms with van der Waals surface area (Å²) in [6.45, 7) is 20.6. The van der Waals surface area contributed by atoms with Crippen LogP contribution in [0.15, 0.2) is 144 Å². The quantitative estimate of drug-likeness (QED) is 0.156. The molecule has 67 heavy (non-hydrogen) atoms. The molecule has 0 atom stereocenters. The normalized spacial score (nSPS) is 21.6. The maximum Gasteiger partial charge on any atom is 0.307 e. The van der Waals surface area contributed by atoms with Crippen molar-refractivity contribution in [1.29, 1.82) is 0 Å². The maximum atomic E-state index is 7.48. The minimum atomic E-state index is -0.177. The molecule has 4 saturated carbocycles. The topological polar surface area (TPSA) is 35.8 Å². The molecule has 0 saturated heterocycles. The fraction of sp³-hybridized carbons (Fsp3) is 0.361. The second-order valence-corrected chi connectivity index (χ2v) is 24.0. The molecule has 0 amide bonds. The summed E-state index contributed by atoms with van der Waals surface area (Å²) in [4.78, 5) is 13.0. The first-order valence-electron chi connectivity index (χ1n) is 25.1. The minimum Gasteiger partial charge on any atom is -0.407 e. The highest BCUT2D eigenvalue weighted by molar-refractivity contribution is 6.99. The third kappa shape index (κ3) is 6.98. The van der Waals surface area contributed by atoms with E-state index >= 15 is 0 Å². The van der Waals surface area contributed by atoms with Crippen molar-refractivity contribution < 1.29 is 4.42 Å². The first-order valence-corrected chi connectivity index (χ1v) is 25.1. The van der Waals surface area contributed by atoms with Crippen LogP contribution in [-0.4, -0.2) is 11.7 Å². The Bertz CT molecular complexity index is 2930. The van der Waals surface area contributed by atoms with E-state index < -0.39 is 0 Å². The van der Waals surface area contributed by atoms with Crippen LogP contribution in [0.4, 0.5) is 51.7 Å². The number of rotatable bonds is 6. The summed E-state index contributed by atoms with van der Waals surface area (Å²) < 4.78 is 7.48. The Morgan fingerprint density at radius 3 is 1.49 bits per heavy atom. The molecule has 7 aromatic rings. The predicted molar refractivity (Wildman–Crippen MR) is 281 cm³/mol. The number of oxazole rings is 1. The van der Waals surface area contributed by atoms with Gasteiger partial charge in [0.25, 0.3) is 6.71 Å². The first-order chi connectivity index (χ1) is 32.0.